The predicted octanol–water partition coefficient (Wildman–Crippen LogP) is 3.37. The Morgan fingerprint density at radius 2 is 1.29 bits per heavy atom. The number of hydrogen-bond donors (Lipinski definition) is 0. The van der Waals surface area contributed by atoms with Crippen LogP contribution < -0.4 is 16.0 Å². The second-order valence-electron chi connectivity index (χ2n) is 4.59. The standard InChI is InChI=1S/C17H13ClNOP/c18-16-12-7-13-19-17(16)21(20,14-8-3-1-4-9-14)15-10-5-2-6-11-15/h1-13H. The van der Waals surface area contributed by atoms with Crippen LogP contribution in [0.5, 0.6) is 0 Å². The quantitative estimate of drug-likeness (QED) is 0.694. The van der Waals surface area contributed by atoms with Crippen molar-refractivity contribution in [2.45, 2.75) is 0 Å². The van der Waals surface area contributed by atoms with Crippen LogP contribution in [0.1, 0.15) is 0 Å². The fourth-order valence-corrected chi connectivity index (χ4v) is 5.33. The maximum atomic E-state index is 13.9. The molecule has 0 unspecified atom stereocenters. The molecule has 2 aromatic carbocycles. The first-order chi connectivity index (χ1) is 10.2. The number of halogens is 1. The van der Waals surface area contributed by atoms with Crippen LogP contribution in [0.3, 0.4) is 0 Å². The summed E-state index contributed by atoms with van der Waals surface area (Å²) in [6.45, 7) is 0. The number of aromatic nitrogens is 1. The highest BCUT2D eigenvalue weighted by Crippen LogP contribution is 2.43. The lowest BCUT2D eigenvalue weighted by Gasteiger charge is -2.19. The lowest BCUT2D eigenvalue weighted by molar-refractivity contribution is 0.592. The molecule has 0 aliphatic rings. The number of hydrogen-bond acceptors (Lipinski definition) is 2. The van der Waals surface area contributed by atoms with E-state index in [-0.39, 0.29) is 0 Å². The molecule has 3 rings (SSSR count). The van der Waals surface area contributed by atoms with E-state index in [1.165, 1.54) is 0 Å². The molecule has 0 bridgehead atoms. The number of rotatable bonds is 3. The largest absolute Gasteiger partial charge is 0.307 e. The fraction of sp³-hybridized carbons (Fsp3) is 0. The van der Waals surface area contributed by atoms with Gasteiger partial charge in [-0.1, -0.05) is 72.3 Å². The van der Waals surface area contributed by atoms with Gasteiger partial charge in [-0.05, 0) is 12.1 Å². The third kappa shape index (κ3) is 2.53. The van der Waals surface area contributed by atoms with Crippen LogP contribution in [-0.2, 0) is 4.57 Å². The summed E-state index contributed by atoms with van der Waals surface area (Å²) < 4.78 is 13.9. The second kappa shape index (κ2) is 5.85. The van der Waals surface area contributed by atoms with Crippen molar-refractivity contribution in [1.29, 1.82) is 0 Å². The van der Waals surface area contributed by atoms with Crippen LogP contribution >= 0.6 is 18.7 Å². The molecule has 0 amide bonds. The fourth-order valence-electron chi connectivity index (χ4n) is 2.28. The van der Waals surface area contributed by atoms with Gasteiger partial charge in [-0.25, -0.2) is 0 Å². The van der Waals surface area contributed by atoms with Crippen molar-refractivity contribution < 1.29 is 4.57 Å². The predicted molar refractivity (Wildman–Crippen MR) is 88.6 cm³/mol. The highest BCUT2D eigenvalue weighted by molar-refractivity contribution is 7.85. The molecule has 1 aromatic heterocycles. The van der Waals surface area contributed by atoms with Crippen molar-refractivity contribution in [2.24, 2.45) is 0 Å². The molecule has 0 N–H and O–H groups in total. The van der Waals surface area contributed by atoms with Crippen LogP contribution in [0.15, 0.2) is 79.0 Å². The van der Waals surface area contributed by atoms with Crippen LogP contribution in [-0.4, -0.2) is 4.98 Å². The van der Waals surface area contributed by atoms with Gasteiger partial charge in [0.2, 0.25) is 0 Å². The van der Waals surface area contributed by atoms with E-state index >= 15 is 0 Å². The smallest absolute Gasteiger partial charge is 0.190 e. The Morgan fingerprint density at radius 1 is 0.762 bits per heavy atom. The Kier molecular flexibility index (Phi) is 3.92. The van der Waals surface area contributed by atoms with E-state index < -0.39 is 7.14 Å². The van der Waals surface area contributed by atoms with E-state index in [2.05, 4.69) is 4.98 Å². The lowest BCUT2D eigenvalue weighted by Crippen LogP contribution is -2.27. The summed E-state index contributed by atoms with van der Waals surface area (Å²) in [6.07, 6.45) is 1.62. The van der Waals surface area contributed by atoms with Gasteiger partial charge in [-0.2, -0.15) is 0 Å². The van der Waals surface area contributed by atoms with E-state index in [9.17, 15) is 4.57 Å². The molecule has 0 aliphatic heterocycles. The molecule has 0 saturated heterocycles. The molecular formula is C17H13ClNOP. The molecule has 0 saturated carbocycles. The van der Waals surface area contributed by atoms with Gasteiger partial charge < -0.3 is 4.57 Å². The van der Waals surface area contributed by atoms with Crippen LogP contribution in [0, 0.1) is 0 Å². The summed E-state index contributed by atoms with van der Waals surface area (Å²) in [5.74, 6) is 0. The highest BCUT2D eigenvalue weighted by Gasteiger charge is 2.32. The topological polar surface area (TPSA) is 30.0 Å². The molecule has 0 aliphatic carbocycles. The first-order valence-electron chi connectivity index (χ1n) is 6.55. The summed E-state index contributed by atoms with van der Waals surface area (Å²) in [6, 6.07) is 22.2. The molecule has 0 spiro atoms. The third-order valence-electron chi connectivity index (χ3n) is 3.28. The molecule has 1 heterocycles. The van der Waals surface area contributed by atoms with Gasteiger partial charge in [0.05, 0.1) is 5.02 Å². The van der Waals surface area contributed by atoms with E-state index in [0.29, 0.717) is 10.5 Å². The zero-order chi connectivity index (χ0) is 14.7. The summed E-state index contributed by atoms with van der Waals surface area (Å²) >= 11 is 6.27. The summed E-state index contributed by atoms with van der Waals surface area (Å²) in [4.78, 5) is 4.31. The zero-order valence-corrected chi connectivity index (χ0v) is 12.8. The Bertz CT molecular complexity index is 747. The van der Waals surface area contributed by atoms with Crippen molar-refractivity contribution in [3.05, 3.63) is 84.0 Å². The summed E-state index contributed by atoms with van der Waals surface area (Å²) in [5.41, 5.74) is 0.434. The third-order valence-corrected chi connectivity index (χ3v) is 6.72. The number of benzene rings is 2. The van der Waals surface area contributed by atoms with Crippen molar-refractivity contribution in [3.63, 3.8) is 0 Å². The second-order valence-corrected chi connectivity index (χ2v) is 7.67. The number of nitrogens with zero attached hydrogens (tertiary/aromatic N) is 1. The maximum Gasteiger partial charge on any atom is 0.190 e. The van der Waals surface area contributed by atoms with Gasteiger partial charge in [0, 0.05) is 16.8 Å². The Hall–Kier alpha value is -1.89. The van der Waals surface area contributed by atoms with Crippen molar-refractivity contribution in [1.82, 2.24) is 4.98 Å². The Balaban J connectivity index is 2.32. The lowest BCUT2D eigenvalue weighted by atomic mass is 10.4. The van der Waals surface area contributed by atoms with Crippen molar-refractivity contribution in [2.75, 3.05) is 0 Å². The monoisotopic (exact) mass is 313 g/mol. The van der Waals surface area contributed by atoms with Gasteiger partial charge in [0.15, 0.2) is 7.14 Å². The van der Waals surface area contributed by atoms with Gasteiger partial charge in [0.25, 0.3) is 0 Å². The molecule has 4 heteroatoms. The van der Waals surface area contributed by atoms with E-state index in [4.69, 9.17) is 11.6 Å². The van der Waals surface area contributed by atoms with Gasteiger partial charge in [-0.15, -0.1) is 0 Å². The van der Waals surface area contributed by atoms with Crippen molar-refractivity contribution >= 4 is 34.8 Å². The summed E-state index contributed by atoms with van der Waals surface area (Å²) in [5, 5.41) is 1.89. The molecular weight excluding hydrogens is 301 g/mol. The minimum Gasteiger partial charge on any atom is -0.307 e. The summed E-state index contributed by atoms with van der Waals surface area (Å²) in [7, 11) is -3.06. The molecule has 0 radical (unpaired) electrons. The molecule has 3 aromatic rings. The van der Waals surface area contributed by atoms with E-state index in [1.807, 2.05) is 60.7 Å². The highest BCUT2D eigenvalue weighted by atomic mass is 35.5. The van der Waals surface area contributed by atoms with Gasteiger partial charge in [0.1, 0.15) is 5.44 Å². The zero-order valence-electron chi connectivity index (χ0n) is 11.2. The Labute approximate surface area is 128 Å². The van der Waals surface area contributed by atoms with Gasteiger partial charge >= 0.3 is 0 Å². The minimum atomic E-state index is -3.06. The molecule has 2 nitrogen and oxygen atoms in total. The maximum absolute atomic E-state index is 13.9. The average molecular weight is 314 g/mol. The number of pyridine rings is 1. The Morgan fingerprint density at radius 3 is 1.76 bits per heavy atom. The molecule has 104 valence electrons. The average Bonchev–Trinajstić information content (AvgIpc) is 2.56. The minimum absolute atomic E-state index is 0.425. The van der Waals surface area contributed by atoms with Crippen LogP contribution in [0.4, 0.5) is 0 Å². The van der Waals surface area contributed by atoms with Crippen molar-refractivity contribution in [3.8, 4) is 0 Å². The first-order valence-corrected chi connectivity index (χ1v) is 8.64. The molecule has 21 heavy (non-hydrogen) atoms. The van der Waals surface area contributed by atoms with Crippen LogP contribution in [0.25, 0.3) is 0 Å². The molecule has 0 atom stereocenters. The van der Waals surface area contributed by atoms with Crippen LogP contribution in [0.2, 0.25) is 5.02 Å². The van der Waals surface area contributed by atoms with E-state index in [0.717, 1.165) is 10.6 Å². The molecule has 0 fully saturated rings. The first kappa shape index (κ1) is 14.1. The van der Waals surface area contributed by atoms with Gasteiger partial charge in [-0.3, -0.25) is 4.98 Å². The SMILES string of the molecule is O=P(c1ccccc1)(c1ccccc1)c1ncccc1Cl. The normalized spacial score (nSPS) is 11.3. The van der Waals surface area contributed by atoms with E-state index in [1.54, 1.807) is 18.3 Å².